The van der Waals surface area contributed by atoms with Crippen molar-refractivity contribution in [1.82, 2.24) is 4.90 Å². The predicted molar refractivity (Wildman–Crippen MR) is 212 cm³/mol. The summed E-state index contributed by atoms with van der Waals surface area (Å²) in [5.74, 6) is -2.23. The van der Waals surface area contributed by atoms with Gasteiger partial charge in [0.15, 0.2) is 0 Å². The number of nitrogens with zero attached hydrogens (tertiary/aromatic N) is 1. The largest absolute Gasteiger partial charge is 0.507 e. The number of aryl methyl sites for hydroxylation is 1. The molecule has 3 rings (SSSR count). The van der Waals surface area contributed by atoms with E-state index < -0.39 is 33.9 Å². The first-order valence-electron chi connectivity index (χ1n) is 20.0. The van der Waals surface area contributed by atoms with Crippen LogP contribution in [0.3, 0.4) is 0 Å². The van der Waals surface area contributed by atoms with Gasteiger partial charge in [0.05, 0.1) is 12.5 Å². The zero-order valence-corrected chi connectivity index (χ0v) is 36.3. The van der Waals surface area contributed by atoms with E-state index in [0.717, 1.165) is 49.0 Å². The number of benzene rings is 1. The molecule has 0 radical (unpaired) electrons. The Morgan fingerprint density at radius 3 is 1.60 bits per heavy atom. The predicted octanol–water partition coefficient (Wildman–Crippen LogP) is 10.1. The fourth-order valence-corrected chi connectivity index (χ4v) is 12.4. The van der Waals surface area contributed by atoms with Crippen molar-refractivity contribution >= 4 is 11.9 Å². The van der Waals surface area contributed by atoms with Crippen LogP contribution >= 0.6 is 0 Å². The highest BCUT2D eigenvalue weighted by Gasteiger charge is 2.77. The van der Waals surface area contributed by atoms with E-state index >= 15 is 0 Å². The number of hydrogen-bond donors (Lipinski definition) is 3. The summed E-state index contributed by atoms with van der Waals surface area (Å²) in [6.45, 7) is 38.0. The molecular weight excluding hydrogens is 650 g/mol. The zero-order chi connectivity index (χ0) is 40.3. The highest BCUT2D eigenvalue weighted by atomic mass is 16.5. The lowest BCUT2D eigenvalue weighted by Gasteiger charge is -2.76. The fourth-order valence-electron chi connectivity index (χ4n) is 12.4. The summed E-state index contributed by atoms with van der Waals surface area (Å²) in [4.78, 5) is 29.2. The normalized spacial score (nSPS) is 28.0. The van der Waals surface area contributed by atoms with E-state index in [0.29, 0.717) is 18.6 Å². The monoisotopic (exact) mass is 728 g/mol. The third-order valence-electron chi connectivity index (χ3n) is 13.5. The summed E-state index contributed by atoms with van der Waals surface area (Å²) in [7, 11) is 0. The lowest BCUT2D eigenvalue weighted by atomic mass is 9.31. The molecule has 1 aliphatic heterocycles. The molecule has 0 bridgehead atoms. The van der Waals surface area contributed by atoms with E-state index in [2.05, 4.69) is 116 Å². The Morgan fingerprint density at radius 2 is 1.23 bits per heavy atom. The average molecular weight is 728 g/mol. The summed E-state index contributed by atoms with van der Waals surface area (Å²) in [5, 5.41) is 35.7. The molecule has 298 valence electrons. The second-order valence-corrected chi connectivity index (χ2v) is 21.9. The first-order valence-corrected chi connectivity index (χ1v) is 20.0. The highest BCUT2D eigenvalue weighted by molar-refractivity contribution is 5.71. The van der Waals surface area contributed by atoms with Crippen LogP contribution in [-0.2, 0) is 31.6 Å². The van der Waals surface area contributed by atoms with E-state index in [1.54, 1.807) is 0 Å². The van der Waals surface area contributed by atoms with Gasteiger partial charge in [0.2, 0.25) is 0 Å². The van der Waals surface area contributed by atoms with E-state index in [1.165, 1.54) is 0 Å². The summed E-state index contributed by atoms with van der Waals surface area (Å²) in [6, 6.07) is 4.02. The van der Waals surface area contributed by atoms with Gasteiger partial charge >= 0.3 is 11.9 Å². The molecule has 2 aliphatic rings. The van der Waals surface area contributed by atoms with Crippen LogP contribution in [0.5, 0.6) is 5.75 Å². The Labute approximate surface area is 317 Å². The lowest BCUT2D eigenvalue weighted by molar-refractivity contribution is -0.362. The number of aromatic hydroxyl groups is 1. The second kappa shape index (κ2) is 14.5. The molecule has 1 saturated heterocycles. The molecule has 1 aromatic rings. The number of carboxylic acids is 1. The fraction of sp³-hybridized carbons (Fsp3) is 0.822. The molecule has 0 spiro atoms. The van der Waals surface area contributed by atoms with E-state index in [1.807, 2.05) is 19.1 Å². The number of phenolic OH excluding ortho intramolecular Hbond substituents is 1. The number of rotatable bonds is 9. The van der Waals surface area contributed by atoms with Crippen molar-refractivity contribution in [2.45, 2.75) is 173 Å². The van der Waals surface area contributed by atoms with Crippen molar-refractivity contribution in [2.75, 3.05) is 19.7 Å². The van der Waals surface area contributed by atoms with Gasteiger partial charge in [-0.3, -0.25) is 14.5 Å². The molecule has 1 saturated carbocycles. The molecule has 3 atom stereocenters. The summed E-state index contributed by atoms with van der Waals surface area (Å²) in [6.07, 6.45) is 4.22. The van der Waals surface area contributed by atoms with Gasteiger partial charge in [-0.2, -0.15) is 0 Å². The SMILES string of the molecule is CC(C(=O)O)C1(CCOC(=O)CCc2cc(C(C)(C)C)c(O)c(C(C)(C)C)c2)C(C)(C)C(C(C)(C)C)C(O)(N2CCCCC2)C(C(C)(C)C)C1(C)C. The third-order valence-corrected chi connectivity index (χ3v) is 13.5. The van der Waals surface area contributed by atoms with E-state index in [-0.39, 0.29) is 52.5 Å². The first kappa shape index (κ1) is 44.3. The van der Waals surface area contributed by atoms with Crippen molar-refractivity contribution in [1.29, 1.82) is 0 Å². The van der Waals surface area contributed by atoms with E-state index in [4.69, 9.17) is 4.74 Å². The number of hydrogen-bond acceptors (Lipinski definition) is 6. The van der Waals surface area contributed by atoms with Gasteiger partial charge in [0, 0.05) is 31.3 Å². The lowest BCUT2D eigenvalue weighted by Crippen LogP contribution is -2.80. The van der Waals surface area contributed by atoms with Gasteiger partial charge in [-0.05, 0) is 80.3 Å². The summed E-state index contributed by atoms with van der Waals surface area (Å²) >= 11 is 0. The van der Waals surface area contributed by atoms with Gasteiger partial charge in [-0.1, -0.05) is 136 Å². The molecular formula is C45H77NO6. The number of carbonyl (C=O) groups is 2. The Bertz CT molecular complexity index is 1370. The molecule has 7 nitrogen and oxygen atoms in total. The third kappa shape index (κ3) is 7.84. The number of likely N-dealkylation sites (tertiary alicyclic amines) is 1. The van der Waals surface area contributed by atoms with Crippen LogP contribution in [0.1, 0.15) is 166 Å². The number of piperidine rings is 1. The molecule has 3 unspecified atom stereocenters. The van der Waals surface area contributed by atoms with Crippen LogP contribution in [0.2, 0.25) is 0 Å². The zero-order valence-electron chi connectivity index (χ0n) is 36.3. The van der Waals surface area contributed by atoms with E-state index in [9.17, 15) is 24.9 Å². The number of aliphatic hydroxyl groups is 1. The Balaban J connectivity index is 2.08. The van der Waals surface area contributed by atoms with Crippen LogP contribution in [0.15, 0.2) is 12.1 Å². The molecule has 52 heavy (non-hydrogen) atoms. The molecule has 1 aliphatic carbocycles. The van der Waals surface area contributed by atoms with Gasteiger partial charge in [-0.25, -0.2) is 0 Å². The van der Waals surface area contributed by atoms with Crippen molar-refractivity contribution < 1.29 is 29.6 Å². The molecule has 1 aromatic carbocycles. The highest BCUT2D eigenvalue weighted by Crippen LogP contribution is 2.76. The van der Waals surface area contributed by atoms with Gasteiger partial charge < -0.3 is 20.1 Å². The minimum absolute atomic E-state index is 0.0925. The molecule has 3 N–H and O–H groups in total. The Morgan fingerprint density at radius 1 is 0.808 bits per heavy atom. The number of esters is 1. The van der Waals surface area contributed by atoms with Gasteiger partial charge in [-0.15, -0.1) is 0 Å². The smallest absolute Gasteiger partial charge is 0.306 e. The molecule has 0 aromatic heterocycles. The molecule has 1 heterocycles. The average Bonchev–Trinajstić information content (AvgIpc) is 2.95. The van der Waals surface area contributed by atoms with Crippen molar-refractivity contribution in [3.05, 3.63) is 28.8 Å². The van der Waals surface area contributed by atoms with Crippen molar-refractivity contribution in [2.24, 2.45) is 44.8 Å². The first-order chi connectivity index (χ1) is 23.3. The van der Waals surface area contributed by atoms with Crippen LogP contribution in [0.4, 0.5) is 0 Å². The Kier molecular flexibility index (Phi) is 12.4. The van der Waals surface area contributed by atoms with Crippen molar-refractivity contribution in [3.63, 3.8) is 0 Å². The number of carboxylic acid groups (broad SMARTS) is 1. The Hall–Kier alpha value is -2.12. The van der Waals surface area contributed by atoms with Crippen molar-refractivity contribution in [3.8, 4) is 5.75 Å². The van der Waals surface area contributed by atoms with Crippen LogP contribution in [0, 0.1) is 44.8 Å². The van der Waals surface area contributed by atoms with Gasteiger partial charge in [0.1, 0.15) is 11.5 Å². The van der Waals surface area contributed by atoms with Crippen LogP contribution in [-0.4, -0.2) is 57.6 Å². The second-order valence-electron chi connectivity index (χ2n) is 21.9. The number of aliphatic carboxylic acids is 1. The minimum Gasteiger partial charge on any atom is -0.507 e. The molecule has 0 amide bonds. The maximum atomic E-state index is 13.6. The summed E-state index contributed by atoms with van der Waals surface area (Å²) in [5.41, 5.74) is -2.02. The number of phenols is 1. The number of ether oxygens (including phenoxy) is 1. The number of carbonyl (C=O) groups excluding carboxylic acids is 1. The topological polar surface area (TPSA) is 107 Å². The minimum atomic E-state index is -1.19. The van der Waals surface area contributed by atoms with Crippen LogP contribution < -0.4 is 0 Å². The maximum Gasteiger partial charge on any atom is 0.306 e. The molecule has 2 fully saturated rings. The van der Waals surface area contributed by atoms with Gasteiger partial charge in [0.25, 0.3) is 0 Å². The maximum absolute atomic E-state index is 13.6. The quantitative estimate of drug-likeness (QED) is 0.217. The van der Waals surface area contributed by atoms with Crippen LogP contribution in [0.25, 0.3) is 0 Å². The summed E-state index contributed by atoms with van der Waals surface area (Å²) < 4.78 is 6.08. The molecule has 7 heteroatoms. The standard InChI is InChI=1S/C45H77NO6/c1-29(35(49)50)44(23-26-52-33(47)22-21-30-27-31(38(2,3)4)34(48)32(28-30)39(5,6)7)42(14,15)36(40(8,9)10)45(51,46-24-19-18-20-25-46)37(41(11,12)13)43(44,16)17/h27-29,36-37,48,51H,18-26H2,1-17H3,(H,49,50).